The van der Waals surface area contributed by atoms with Crippen LogP contribution < -0.4 is 10.1 Å². The maximum atomic E-state index is 13.4. The molecular formula is C24H20N4O3S. The Hall–Kier alpha value is -3.91. The number of nitrogens with one attached hydrogen (secondary N) is 1. The molecule has 0 aliphatic carbocycles. The zero-order chi connectivity index (χ0) is 22.1. The SMILES string of the molecule is COc1ccccc1NC(=O)CN1N=C(c2ccccc2)Cn2c(cc3sccc32)C1=O. The van der Waals surface area contributed by atoms with Crippen LogP contribution in [0.15, 0.2) is 77.2 Å². The molecule has 1 aliphatic heterocycles. The number of carbonyl (C=O) groups excluding carboxylic acids is 2. The summed E-state index contributed by atoms with van der Waals surface area (Å²) in [4.78, 5) is 26.2. The molecule has 4 aromatic rings. The van der Waals surface area contributed by atoms with Gasteiger partial charge in [-0.25, -0.2) is 5.01 Å². The number of rotatable bonds is 5. The van der Waals surface area contributed by atoms with E-state index in [0.717, 1.165) is 15.8 Å². The third-order valence-corrected chi connectivity index (χ3v) is 6.16. The Labute approximate surface area is 188 Å². The molecule has 0 atom stereocenters. The molecule has 160 valence electrons. The van der Waals surface area contributed by atoms with Crippen molar-refractivity contribution >= 4 is 44.8 Å². The summed E-state index contributed by atoms with van der Waals surface area (Å²) in [6.45, 7) is 0.224. The van der Waals surface area contributed by atoms with E-state index >= 15 is 0 Å². The second-order valence-electron chi connectivity index (χ2n) is 7.31. The van der Waals surface area contributed by atoms with Crippen molar-refractivity contribution in [3.05, 3.63) is 83.4 Å². The van der Waals surface area contributed by atoms with E-state index in [4.69, 9.17) is 4.74 Å². The molecule has 3 heterocycles. The fraction of sp³-hybridized carbons (Fsp3) is 0.125. The number of fused-ring (bicyclic) bond motifs is 3. The molecule has 1 aliphatic rings. The van der Waals surface area contributed by atoms with Crippen LogP contribution in [0.1, 0.15) is 16.1 Å². The van der Waals surface area contributed by atoms with Crippen LogP contribution in [0.3, 0.4) is 0 Å². The quantitative estimate of drug-likeness (QED) is 0.501. The van der Waals surface area contributed by atoms with Crippen molar-refractivity contribution in [3.8, 4) is 5.75 Å². The molecule has 5 rings (SSSR count). The molecule has 0 saturated heterocycles. The lowest BCUT2D eigenvalue weighted by Crippen LogP contribution is -2.34. The Morgan fingerprint density at radius 1 is 1.12 bits per heavy atom. The van der Waals surface area contributed by atoms with Gasteiger partial charge in [-0.05, 0) is 35.2 Å². The molecular weight excluding hydrogens is 424 g/mol. The molecule has 2 aromatic heterocycles. The summed E-state index contributed by atoms with van der Waals surface area (Å²) in [7, 11) is 1.54. The van der Waals surface area contributed by atoms with E-state index in [1.807, 2.05) is 58.5 Å². The monoisotopic (exact) mass is 444 g/mol. The van der Waals surface area contributed by atoms with Gasteiger partial charge in [-0.3, -0.25) is 9.59 Å². The Kier molecular flexibility index (Phi) is 5.20. The fourth-order valence-electron chi connectivity index (χ4n) is 3.79. The molecule has 32 heavy (non-hydrogen) atoms. The minimum absolute atomic E-state index is 0.216. The smallest absolute Gasteiger partial charge is 0.291 e. The molecule has 0 radical (unpaired) electrons. The highest BCUT2D eigenvalue weighted by atomic mass is 32.1. The van der Waals surface area contributed by atoms with Gasteiger partial charge in [-0.1, -0.05) is 42.5 Å². The maximum absolute atomic E-state index is 13.4. The van der Waals surface area contributed by atoms with E-state index in [1.165, 1.54) is 5.01 Å². The topological polar surface area (TPSA) is 75.9 Å². The van der Waals surface area contributed by atoms with Crippen molar-refractivity contribution in [2.75, 3.05) is 19.0 Å². The minimum Gasteiger partial charge on any atom is -0.495 e. The normalized spacial score (nSPS) is 13.5. The average Bonchev–Trinajstić information content (AvgIpc) is 3.37. The highest BCUT2D eigenvalue weighted by molar-refractivity contribution is 7.17. The van der Waals surface area contributed by atoms with Crippen molar-refractivity contribution in [2.24, 2.45) is 5.10 Å². The zero-order valence-corrected chi connectivity index (χ0v) is 18.1. The number of amides is 2. The first-order valence-electron chi connectivity index (χ1n) is 10.1. The van der Waals surface area contributed by atoms with Gasteiger partial charge < -0.3 is 14.6 Å². The number of methoxy groups -OCH3 is 1. The first-order valence-corrected chi connectivity index (χ1v) is 11.0. The van der Waals surface area contributed by atoms with Gasteiger partial charge in [-0.15, -0.1) is 11.3 Å². The number of aromatic nitrogens is 1. The first kappa shape index (κ1) is 20.0. The number of carbonyl (C=O) groups is 2. The van der Waals surface area contributed by atoms with E-state index < -0.39 is 0 Å². The van der Waals surface area contributed by atoms with E-state index in [9.17, 15) is 9.59 Å². The molecule has 8 heteroatoms. The van der Waals surface area contributed by atoms with E-state index in [0.29, 0.717) is 29.4 Å². The van der Waals surface area contributed by atoms with Crippen LogP contribution in [0.2, 0.25) is 0 Å². The molecule has 7 nitrogen and oxygen atoms in total. The van der Waals surface area contributed by atoms with Crippen LogP contribution in [0.4, 0.5) is 5.69 Å². The minimum atomic E-state index is -0.360. The number of nitrogens with zero attached hydrogens (tertiary/aromatic N) is 3. The van der Waals surface area contributed by atoms with Gasteiger partial charge in [-0.2, -0.15) is 5.10 Å². The van der Waals surface area contributed by atoms with Crippen molar-refractivity contribution in [1.82, 2.24) is 9.58 Å². The van der Waals surface area contributed by atoms with E-state index in [2.05, 4.69) is 10.4 Å². The Morgan fingerprint density at radius 2 is 1.91 bits per heavy atom. The number of ether oxygens (including phenoxy) is 1. The summed E-state index contributed by atoms with van der Waals surface area (Å²) in [6, 6.07) is 20.7. The number of anilines is 1. The number of benzene rings is 2. The lowest BCUT2D eigenvalue weighted by Gasteiger charge is -2.17. The maximum Gasteiger partial charge on any atom is 0.291 e. The Balaban J connectivity index is 1.50. The zero-order valence-electron chi connectivity index (χ0n) is 17.3. The van der Waals surface area contributed by atoms with Crippen LogP contribution >= 0.6 is 11.3 Å². The van der Waals surface area contributed by atoms with Crippen molar-refractivity contribution in [2.45, 2.75) is 6.54 Å². The summed E-state index contributed by atoms with van der Waals surface area (Å²) >= 11 is 1.58. The van der Waals surface area contributed by atoms with Crippen molar-refractivity contribution < 1.29 is 14.3 Å². The average molecular weight is 445 g/mol. The third-order valence-electron chi connectivity index (χ3n) is 5.31. The lowest BCUT2D eigenvalue weighted by atomic mass is 10.1. The lowest BCUT2D eigenvalue weighted by molar-refractivity contribution is -0.116. The number of hydrazone groups is 1. The second-order valence-corrected chi connectivity index (χ2v) is 8.26. The van der Waals surface area contributed by atoms with Gasteiger partial charge in [0.05, 0.1) is 35.3 Å². The van der Waals surface area contributed by atoms with Crippen LogP contribution in [-0.2, 0) is 11.3 Å². The number of thiophene rings is 1. The van der Waals surface area contributed by atoms with Gasteiger partial charge in [0, 0.05) is 0 Å². The molecule has 0 saturated carbocycles. The van der Waals surface area contributed by atoms with Gasteiger partial charge >= 0.3 is 0 Å². The predicted molar refractivity (Wildman–Crippen MR) is 125 cm³/mol. The van der Waals surface area contributed by atoms with Crippen LogP contribution in [0.5, 0.6) is 5.75 Å². The summed E-state index contributed by atoms with van der Waals surface area (Å²) in [5.41, 5.74) is 3.67. The second kappa shape index (κ2) is 8.32. The summed E-state index contributed by atoms with van der Waals surface area (Å²) in [5.74, 6) is -0.124. The van der Waals surface area contributed by atoms with Gasteiger partial charge in [0.1, 0.15) is 18.0 Å². The van der Waals surface area contributed by atoms with Crippen molar-refractivity contribution in [3.63, 3.8) is 0 Å². The Morgan fingerprint density at radius 3 is 2.72 bits per heavy atom. The van der Waals surface area contributed by atoms with Gasteiger partial charge in [0.2, 0.25) is 5.91 Å². The van der Waals surface area contributed by atoms with Gasteiger partial charge in [0.25, 0.3) is 5.91 Å². The summed E-state index contributed by atoms with van der Waals surface area (Å²) < 4.78 is 8.30. The summed E-state index contributed by atoms with van der Waals surface area (Å²) in [5, 5.41) is 10.7. The number of hydrogen-bond acceptors (Lipinski definition) is 5. The van der Waals surface area contributed by atoms with Crippen LogP contribution in [0, 0.1) is 0 Å². The van der Waals surface area contributed by atoms with E-state index in [1.54, 1.807) is 36.6 Å². The third kappa shape index (κ3) is 3.65. The highest BCUT2D eigenvalue weighted by Gasteiger charge is 2.28. The standard InChI is InChI=1S/C24H20N4O3S/c1-31-21-10-6-5-9-17(21)25-23(29)15-28-24(30)20-13-22-19(11-12-32-22)27(20)14-18(26-28)16-7-3-2-4-8-16/h2-13H,14-15H2,1H3,(H,25,29). The molecule has 0 bridgehead atoms. The molecule has 0 spiro atoms. The first-order chi connectivity index (χ1) is 15.6. The van der Waals surface area contributed by atoms with E-state index in [-0.39, 0.29) is 18.4 Å². The Bertz CT molecular complexity index is 1340. The fourth-order valence-corrected chi connectivity index (χ4v) is 4.61. The van der Waals surface area contributed by atoms with Crippen LogP contribution in [0.25, 0.3) is 10.2 Å². The number of para-hydroxylation sites is 2. The van der Waals surface area contributed by atoms with Crippen LogP contribution in [-0.4, -0.2) is 40.8 Å². The summed E-state index contributed by atoms with van der Waals surface area (Å²) in [6.07, 6.45) is 0. The molecule has 1 N–H and O–H groups in total. The molecule has 2 amide bonds. The molecule has 2 aromatic carbocycles. The van der Waals surface area contributed by atoms with Crippen molar-refractivity contribution in [1.29, 1.82) is 0 Å². The predicted octanol–water partition coefficient (Wildman–Crippen LogP) is 4.21. The number of hydrogen-bond donors (Lipinski definition) is 1. The molecule has 0 fully saturated rings. The molecule has 0 unspecified atom stereocenters. The van der Waals surface area contributed by atoms with Gasteiger partial charge in [0.15, 0.2) is 0 Å². The highest BCUT2D eigenvalue weighted by Crippen LogP contribution is 2.28. The largest absolute Gasteiger partial charge is 0.495 e.